The van der Waals surface area contributed by atoms with Crippen LogP contribution >= 0.6 is 11.8 Å². The van der Waals surface area contributed by atoms with Crippen LogP contribution in [-0.4, -0.2) is 0 Å². The molecule has 0 atom stereocenters. The van der Waals surface area contributed by atoms with E-state index < -0.39 is 0 Å². The lowest BCUT2D eigenvalue weighted by Gasteiger charge is -2.32. The summed E-state index contributed by atoms with van der Waals surface area (Å²) in [4.78, 5) is 4.88. The summed E-state index contributed by atoms with van der Waals surface area (Å²) in [5.41, 5.74) is 14.0. The predicted octanol–water partition coefficient (Wildman–Crippen LogP) is 14.2. The molecule has 0 spiro atoms. The molecule has 0 saturated carbocycles. The van der Waals surface area contributed by atoms with Gasteiger partial charge in [-0.25, -0.2) is 0 Å². The van der Waals surface area contributed by atoms with Gasteiger partial charge in [-0.3, -0.25) is 0 Å². The van der Waals surface area contributed by atoms with Crippen molar-refractivity contribution in [3.8, 4) is 22.3 Å². The molecule has 0 aromatic heterocycles. The maximum atomic E-state index is 2.45. The van der Waals surface area contributed by atoms with E-state index in [9.17, 15) is 0 Å². The summed E-state index contributed by atoms with van der Waals surface area (Å²) < 4.78 is 0. The van der Waals surface area contributed by atoms with E-state index in [1.807, 2.05) is 0 Å². The number of hydrogen-bond acceptors (Lipinski definition) is 2. The quantitative estimate of drug-likeness (QED) is 0.133. The molecule has 0 bridgehead atoms. The van der Waals surface area contributed by atoms with E-state index in [1.165, 1.54) is 60.0 Å². The smallest absolute Gasteiger partial charge is 0.0465 e. The van der Waals surface area contributed by atoms with Crippen LogP contribution in [0.5, 0.6) is 0 Å². The molecule has 0 fully saturated rings. The molecule has 2 heteroatoms. The first kappa shape index (κ1) is 32.6. The molecular weight excluding hydrogens is 635 g/mol. The van der Waals surface area contributed by atoms with Gasteiger partial charge < -0.3 is 4.90 Å². The Labute approximate surface area is 307 Å². The van der Waals surface area contributed by atoms with Crippen molar-refractivity contribution in [2.45, 2.75) is 41.9 Å². The molecule has 0 N–H and O–H groups in total. The highest BCUT2D eigenvalue weighted by Crippen LogP contribution is 2.54. The van der Waals surface area contributed by atoms with Crippen LogP contribution in [0.2, 0.25) is 0 Å². The second-order valence-corrected chi connectivity index (χ2v) is 14.4. The first-order valence-electron chi connectivity index (χ1n) is 18.0. The predicted molar refractivity (Wildman–Crippen MR) is 219 cm³/mol. The monoisotopic (exact) mass is 675 g/mol. The highest BCUT2D eigenvalue weighted by atomic mass is 32.2. The summed E-state index contributed by atoms with van der Waals surface area (Å²) in [5.74, 6) is 0. The molecule has 0 unspecified atom stereocenters. The third-order valence-corrected chi connectivity index (χ3v) is 11.4. The van der Waals surface area contributed by atoms with Gasteiger partial charge in [0.25, 0.3) is 0 Å². The summed E-state index contributed by atoms with van der Waals surface area (Å²) in [6, 6.07) is 63.8. The minimum absolute atomic E-state index is 0.0413. The normalized spacial score (nSPS) is 12.8. The van der Waals surface area contributed by atoms with Gasteiger partial charge in [-0.05, 0) is 118 Å². The van der Waals surface area contributed by atoms with Crippen LogP contribution in [-0.2, 0) is 5.41 Å². The van der Waals surface area contributed by atoms with Crippen molar-refractivity contribution in [1.29, 1.82) is 0 Å². The van der Waals surface area contributed by atoms with Crippen LogP contribution in [0, 0.1) is 0 Å². The maximum absolute atomic E-state index is 2.45. The van der Waals surface area contributed by atoms with Crippen LogP contribution in [0.3, 0.4) is 0 Å². The lowest BCUT2D eigenvalue weighted by atomic mass is 9.73. The Morgan fingerprint density at radius 2 is 0.922 bits per heavy atom. The minimum atomic E-state index is -0.0413. The topological polar surface area (TPSA) is 3.24 Å². The van der Waals surface area contributed by atoms with Crippen molar-refractivity contribution in [1.82, 2.24) is 0 Å². The number of fused-ring (bicyclic) bond motifs is 3. The molecular formula is C49H41NS. The highest BCUT2D eigenvalue weighted by molar-refractivity contribution is 7.99. The van der Waals surface area contributed by atoms with E-state index in [4.69, 9.17) is 0 Å². The van der Waals surface area contributed by atoms with Crippen molar-refractivity contribution in [3.05, 3.63) is 198 Å². The van der Waals surface area contributed by atoms with Crippen molar-refractivity contribution < 1.29 is 0 Å². The van der Waals surface area contributed by atoms with Gasteiger partial charge in [0.2, 0.25) is 0 Å². The standard InChI is InChI=1S/C49H41NS/c1-3-49(4-2)47-34-37(21-20-36-22-25-38(26-23-36)39-27-30-44(31-28-39)51-43-18-12-7-13-19-43)24-32-45(47)46-33-29-42(35-48(46)49)50(40-14-8-5-9-15-40)41-16-10-6-11-17-41/h5-35H,3-4H2,1-2H3/b21-20+. The van der Waals surface area contributed by atoms with Gasteiger partial charge in [0.05, 0.1) is 0 Å². The number of rotatable bonds is 10. The summed E-state index contributed by atoms with van der Waals surface area (Å²) in [5, 5.41) is 0. The molecule has 51 heavy (non-hydrogen) atoms. The van der Waals surface area contributed by atoms with Gasteiger partial charge in [-0.15, -0.1) is 0 Å². The van der Waals surface area contributed by atoms with Crippen molar-refractivity contribution in [2.75, 3.05) is 4.90 Å². The molecule has 0 amide bonds. The van der Waals surface area contributed by atoms with E-state index in [1.54, 1.807) is 11.8 Å². The number of benzene rings is 7. The molecule has 0 aliphatic heterocycles. The van der Waals surface area contributed by atoms with Crippen LogP contribution < -0.4 is 4.90 Å². The van der Waals surface area contributed by atoms with Gasteiger partial charge in [-0.2, -0.15) is 0 Å². The Kier molecular flexibility index (Phi) is 9.18. The molecule has 7 aromatic rings. The van der Waals surface area contributed by atoms with E-state index >= 15 is 0 Å². The Balaban J connectivity index is 1.05. The van der Waals surface area contributed by atoms with Crippen LogP contribution in [0.4, 0.5) is 17.1 Å². The number of nitrogens with zero attached hydrogens (tertiary/aromatic N) is 1. The molecule has 0 saturated heterocycles. The van der Waals surface area contributed by atoms with Gasteiger partial charge >= 0.3 is 0 Å². The summed E-state index contributed by atoms with van der Waals surface area (Å²) in [7, 11) is 0. The molecule has 0 heterocycles. The zero-order valence-corrected chi connectivity index (χ0v) is 30.0. The third-order valence-electron chi connectivity index (χ3n) is 10.4. The van der Waals surface area contributed by atoms with E-state index in [2.05, 4.69) is 207 Å². The third kappa shape index (κ3) is 6.44. The number of para-hydroxylation sites is 2. The van der Waals surface area contributed by atoms with Crippen LogP contribution in [0.15, 0.2) is 186 Å². The Hall–Kier alpha value is -5.57. The first-order valence-corrected chi connectivity index (χ1v) is 18.8. The van der Waals surface area contributed by atoms with E-state index in [0.29, 0.717) is 0 Å². The van der Waals surface area contributed by atoms with E-state index in [0.717, 1.165) is 24.2 Å². The van der Waals surface area contributed by atoms with Gasteiger partial charge in [0.1, 0.15) is 0 Å². The average Bonchev–Trinajstić information content (AvgIpc) is 3.47. The van der Waals surface area contributed by atoms with E-state index in [-0.39, 0.29) is 5.41 Å². The molecule has 7 aromatic carbocycles. The fourth-order valence-corrected chi connectivity index (χ4v) is 8.51. The lowest BCUT2D eigenvalue weighted by Crippen LogP contribution is -2.23. The average molecular weight is 676 g/mol. The second-order valence-electron chi connectivity index (χ2n) is 13.2. The van der Waals surface area contributed by atoms with Gasteiger partial charge in [0, 0.05) is 32.3 Å². The van der Waals surface area contributed by atoms with Crippen LogP contribution in [0.25, 0.3) is 34.4 Å². The fourth-order valence-electron chi connectivity index (χ4n) is 7.68. The SMILES string of the molecule is CCC1(CC)c2cc(/C=C/c3ccc(-c4ccc(Sc5ccccc5)cc4)cc3)ccc2-c2ccc(N(c3ccccc3)c3ccccc3)cc21. The molecule has 0 radical (unpaired) electrons. The molecule has 8 rings (SSSR count). The first-order chi connectivity index (χ1) is 25.1. The largest absolute Gasteiger partial charge is 0.310 e. The second kappa shape index (κ2) is 14.3. The highest BCUT2D eigenvalue weighted by Gasteiger charge is 2.41. The van der Waals surface area contributed by atoms with Crippen molar-refractivity contribution >= 4 is 41.0 Å². The Bertz CT molecular complexity index is 2230. The Morgan fingerprint density at radius 1 is 0.451 bits per heavy atom. The number of hydrogen-bond donors (Lipinski definition) is 0. The molecule has 1 nitrogen and oxygen atoms in total. The summed E-state index contributed by atoms with van der Waals surface area (Å²) in [6.07, 6.45) is 6.60. The van der Waals surface area contributed by atoms with Gasteiger partial charge in [0.15, 0.2) is 0 Å². The van der Waals surface area contributed by atoms with Gasteiger partial charge in [-0.1, -0.05) is 153 Å². The number of anilines is 3. The lowest BCUT2D eigenvalue weighted by molar-refractivity contribution is 0.490. The zero-order chi connectivity index (χ0) is 34.6. The maximum Gasteiger partial charge on any atom is 0.0465 e. The molecule has 1 aliphatic carbocycles. The zero-order valence-electron chi connectivity index (χ0n) is 29.2. The van der Waals surface area contributed by atoms with Crippen LogP contribution in [0.1, 0.15) is 48.9 Å². The Morgan fingerprint density at radius 3 is 1.51 bits per heavy atom. The summed E-state index contributed by atoms with van der Waals surface area (Å²) in [6.45, 7) is 4.70. The molecule has 248 valence electrons. The van der Waals surface area contributed by atoms with Crippen molar-refractivity contribution in [2.24, 2.45) is 0 Å². The summed E-state index contributed by atoms with van der Waals surface area (Å²) >= 11 is 1.79. The minimum Gasteiger partial charge on any atom is -0.310 e. The van der Waals surface area contributed by atoms with Crippen molar-refractivity contribution in [3.63, 3.8) is 0 Å². The molecule has 1 aliphatic rings. The fraction of sp³-hybridized carbons (Fsp3) is 0.102.